The van der Waals surface area contributed by atoms with Crippen LogP contribution in [0, 0.1) is 27.9 Å². The second kappa shape index (κ2) is 24.1. The number of phenols is 1. The summed E-state index contributed by atoms with van der Waals surface area (Å²) in [6.07, 6.45) is 7.30. The molecule has 1 fully saturated rings. The lowest BCUT2D eigenvalue weighted by atomic mass is 9.55. The number of aliphatic hydroxyl groups excluding tert-OH is 3. The molecule has 1 saturated carbocycles. The van der Waals surface area contributed by atoms with Gasteiger partial charge in [0.15, 0.2) is 0 Å². The van der Waals surface area contributed by atoms with Crippen LogP contribution >= 0.6 is 0 Å². The van der Waals surface area contributed by atoms with Gasteiger partial charge in [0, 0.05) is 49.8 Å². The number of allylic oxidation sites excluding steroid dienone is 1. The summed E-state index contributed by atoms with van der Waals surface area (Å²) in [7, 11) is 0. The van der Waals surface area contributed by atoms with Crippen LogP contribution in [0.4, 0.5) is 10.5 Å². The van der Waals surface area contributed by atoms with Gasteiger partial charge >= 0.3 is 6.09 Å². The van der Waals surface area contributed by atoms with E-state index in [0.717, 1.165) is 36.0 Å². The maximum atomic E-state index is 14.6. The molecule has 6 rings (SSSR count). The lowest BCUT2D eigenvalue weighted by Gasteiger charge is -2.59. The molecule has 1 aliphatic heterocycles. The van der Waals surface area contributed by atoms with Gasteiger partial charge in [0.2, 0.25) is 5.79 Å². The molecule has 0 radical (unpaired) electrons. The molecule has 1 amide bonds. The zero-order chi connectivity index (χ0) is 45.3. The molecule has 6 atom stereocenters. The molecule has 0 bridgehead atoms. The number of aromatic hydroxyl groups is 1. The minimum atomic E-state index is -1.59. The predicted molar refractivity (Wildman–Crippen MR) is 237 cm³/mol. The summed E-state index contributed by atoms with van der Waals surface area (Å²) in [5.41, 5.74) is 3.64. The Morgan fingerprint density at radius 2 is 1.66 bits per heavy atom. The van der Waals surface area contributed by atoms with Crippen LogP contribution in [0.15, 0.2) is 102 Å². The molecule has 4 N–H and O–H groups in total. The number of unbranched alkanes of at least 4 members (excludes halogenated alkanes) is 2. The highest BCUT2D eigenvalue weighted by Gasteiger charge is 2.65. The summed E-state index contributed by atoms with van der Waals surface area (Å²) < 4.78 is 31.6. The van der Waals surface area contributed by atoms with Crippen LogP contribution in [0.25, 0.3) is 0 Å². The van der Waals surface area contributed by atoms with Crippen LogP contribution in [0.1, 0.15) is 67.6 Å². The van der Waals surface area contributed by atoms with E-state index in [1.54, 1.807) is 36.4 Å². The minimum Gasteiger partial charge on any atom is -0.508 e. The molecule has 0 saturated heterocycles. The molecule has 346 valence electrons. The molecule has 64 heavy (non-hydrogen) atoms. The third-order valence-corrected chi connectivity index (χ3v) is 12.1. The Hall–Kier alpha value is -5.36. The van der Waals surface area contributed by atoms with Crippen molar-refractivity contribution >= 4 is 17.5 Å². The SMILES string of the molecule is C=CCOC12Oc3ccc(O)cc3C3C(CCCCO)C(CCCCO)C=C(C(=NOCc4ccc([N+](=O)[O-])cc4)CC1N(CCOCCO)C(=O)OCCOCc1ccccc1)C32. The first kappa shape index (κ1) is 48.1. The molecule has 16 heteroatoms. The Kier molecular flexibility index (Phi) is 18.1. The summed E-state index contributed by atoms with van der Waals surface area (Å²) in [6.45, 7) is 4.34. The van der Waals surface area contributed by atoms with Crippen LogP contribution < -0.4 is 4.74 Å². The standard InChI is InChI=1S/C48H61N3O13/c1-2-24-62-48-44(50(20-25-59-26-23-54)47(56)61-28-27-60-32-34-10-4-3-5-11-34)31-42(49-63-33-35-14-16-37(17-15-35)51(57)58)40-29-36(12-6-8-21-52)39(13-7-9-22-53)45(46(40)48)41-30-38(55)18-19-43(41)64-48/h2-5,10-11,14-19,29-30,36,39,44-46,52-55H,1,6-9,12-13,20-28,31-33H2. The number of hydrogen-bond donors (Lipinski definition) is 4. The highest BCUT2D eigenvalue weighted by molar-refractivity contribution is 6.03. The molecule has 3 aromatic rings. The van der Waals surface area contributed by atoms with Gasteiger partial charge in [-0.1, -0.05) is 60.5 Å². The first-order chi connectivity index (χ1) is 31.2. The van der Waals surface area contributed by atoms with Crippen LogP contribution in [0.2, 0.25) is 0 Å². The first-order valence-corrected chi connectivity index (χ1v) is 22.1. The molecule has 16 nitrogen and oxygen atoms in total. The number of aliphatic hydroxyl groups is 3. The zero-order valence-corrected chi connectivity index (χ0v) is 36.2. The fraction of sp³-hybridized carbons (Fsp3) is 0.500. The molecule has 0 aromatic heterocycles. The van der Waals surface area contributed by atoms with Crippen LogP contribution in [0.5, 0.6) is 11.5 Å². The van der Waals surface area contributed by atoms with Crippen LogP contribution in [0.3, 0.4) is 0 Å². The van der Waals surface area contributed by atoms with Gasteiger partial charge in [0.05, 0.1) is 56.2 Å². The molecular formula is C48H61N3O13. The van der Waals surface area contributed by atoms with Crippen molar-refractivity contribution in [3.8, 4) is 11.5 Å². The molecule has 0 spiro atoms. The van der Waals surface area contributed by atoms with Crippen molar-refractivity contribution in [2.45, 2.75) is 75.9 Å². The highest BCUT2D eigenvalue weighted by atomic mass is 16.7. The van der Waals surface area contributed by atoms with Crippen molar-refractivity contribution in [2.75, 3.05) is 59.4 Å². The summed E-state index contributed by atoms with van der Waals surface area (Å²) in [5.74, 6) is -2.16. The quantitative estimate of drug-likeness (QED) is 0.0283. The van der Waals surface area contributed by atoms with Gasteiger partial charge in [-0.3, -0.25) is 15.0 Å². The maximum absolute atomic E-state index is 14.6. The van der Waals surface area contributed by atoms with Gasteiger partial charge in [-0.2, -0.15) is 0 Å². The van der Waals surface area contributed by atoms with Gasteiger partial charge < -0.3 is 48.9 Å². The predicted octanol–water partition coefficient (Wildman–Crippen LogP) is 6.80. The van der Waals surface area contributed by atoms with E-state index in [9.17, 15) is 35.3 Å². The number of nitro groups is 1. The maximum Gasteiger partial charge on any atom is 0.410 e. The topological polar surface area (TPSA) is 212 Å². The highest BCUT2D eigenvalue weighted by Crippen LogP contribution is 2.62. The Balaban J connectivity index is 1.46. The fourth-order valence-electron chi connectivity index (χ4n) is 9.30. The number of ether oxygens (including phenoxy) is 5. The molecular weight excluding hydrogens is 827 g/mol. The zero-order valence-electron chi connectivity index (χ0n) is 36.2. The van der Waals surface area contributed by atoms with E-state index in [4.69, 9.17) is 33.7 Å². The normalized spacial score (nSPS) is 22.7. The van der Waals surface area contributed by atoms with Crippen molar-refractivity contribution in [1.82, 2.24) is 4.90 Å². The van der Waals surface area contributed by atoms with E-state index in [2.05, 4.69) is 12.7 Å². The Morgan fingerprint density at radius 1 is 0.906 bits per heavy atom. The van der Waals surface area contributed by atoms with E-state index in [1.807, 2.05) is 30.3 Å². The average Bonchev–Trinajstić information content (AvgIpc) is 3.30. The number of oxime groups is 1. The largest absolute Gasteiger partial charge is 0.508 e. The third-order valence-electron chi connectivity index (χ3n) is 12.1. The first-order valence-electron chi connectivity index (χ1n) is 22.1. The summed E-state index contributed by atoms with van der Waals surface area (Å²) in [4.78, 5) is 33.1. The van der Waals surface area contributed by atoms with Gasteiger partial charge in [0.25, 0.3) is 5.69 Å². The second-order valence-electron chi connectivity index (χ2n) is 16.2. The summed E-state index contributed by atoms with van der Waals surface area (Å²) in [6, 6.07) is 19.7. The van der Waals surface area contributed by atoms with E-state index in [0.29, 0.717) is 42.9 Å². The number of benzene rings is 3. The van der Waals surface area contributed by atoms with Crippen molar-refractivity contribution in [1.29, 1.82) is 0 Å². The number of nitro benzene ring substituents is 1. The summed E-state index contributed by atoms with van der Waals surface area (Å²) >= 11 is 0. The summed E-state index contributed by atoms with van der Waals surface area (Å²) in [5, 5.41) is 56.4. The van der Waals surface area contributed by atoms with E-state index < -0.39 is 28.8 Å². The molecule has 3 aromatic carbocycles. The van der Waals surface area contributed by atoms with Gasteiger partial charge in [-0.05, 0) is 84.6 Å². The third kappa shape index (κ3) is 11.9. The number of phenolic OH excluding ortho intramolecular Hbond substituents is 1. The lowest BCUT2D eigenvalue weighted by molar-refractivity contribution is -0.384. The van der Waals surface area contributed by atoms with Crippen molar-refractivity contribution in [3.63, 3.8) is 0 Å². The smallest absolute Gasteiger partial charge is 0.410 e. The van der Waals surface area contributed by atoms with Crippen molar-refractivity contribution in [2.24, 2.45) is 22.9 Å². The average molecular weight is 888 g/mol. The molecule has 3 aliphatic rings. The fourth-order valence-corrected chi connectivity index (χ4v) is 9.30. The second-order valence-corrected chi connectivity index (χ2v) is 16.2. The van der Waals surface area contributed by atoms with Crippen LogP contribution in [-0.4, -0.2) is 113 Å². The van der Waals surface area contributed by atoms with Gasteiger partial charge in [-0.15, -0.1) is 6.58 Å². The number of carbonyl (C=O) groups excluding carboxylic acids is 1. The van der Waals surface area contributed by atoms with Gasteiger partial charge in [-0.25, -0.2) is 4.79 Å². The Morgan fingerprint density at radius 3 is 2.38 bits per heavy atom. The number of hydrogen-bond acceptors (Lipinski definition) is 14. The van der Waals surface area contributed by atoms with Gasteiger partial charge in [0.1, 0.15) is 30.8 Å². The molecule has 2 aliphatic carbocycles. The van der Waals surface area contributed by atoms with Crippen LogP contribution in [-0.2, 0) is 37.0 Å². The number of amides is 1. The Labute approximate surface area is 373 Å². The molecule has 1 heterocycles. The van der Waals surface area contributed by atoms with E-state index in [-0.39, 0.29) is 102 Å². The molecule has 6 unspecified atom stereocenters. The number of non-ortho nitro benzene ring substituents is 1. The Bertz CT molecular complexity index is 2030. The van der Waals surface area contributed by atoms with E-state index >= 15 is 0 Å². The monoisotopic (exact) mass is 887 g/mol. The van der Waals surface area contributed by atoms with E-state index in [1.165, 1.54) is 17.0 Å². The number of fused-ring (bicyclic) bond motifs is 2. The number of nitrogens with zero attached hydrogens (tertiary/aromatic N) is 3. The van der Waals surface area contributed by atoms with Crippen molar-refractivity contribution in [3.05, 3.63) is 124 Å². The lowest BCUT2D eigenvalue weighted by Crippen LogP contribution is -2.70. The minimum absolute atomic E-state index is 0.00764. The number of rotatable bonds is 26. The van der Waals surface area contributed by atoms with Crippen molar-refractivity contribution < 1.29 is 58.7 Å². The number of carbonyl (C=O) groups is 1.